The maximum absolute atomic E-state index is 14.8. The fraction of sp³-hybridized carbons (Fsp3) is 0.179. The fourth-order valence-electron chi connectivity index (χ4n) is 5.73. The number of nitrogens with one attached hydrogen (secondary N) is 2. The summed E-state index contributed by atoms with van der Waals surface area (Å²) in [4.78, 5) is 25.1. The van der Waals surface area contributed by atoms with Gasteiger partial charge in [0.1, 0.15) is 5.75 Å². The molecule has 10 nitrogen and oxygen atoms in total. The van der Waals surface area contributed by atoms with Crippen LogP contribution in [0.15, 0.2) is 152 Å². The van der Waals surface area contributed by atoms with Gasteiger partial charge in [-0.15, -0.1) is 0 Å². The molecule has 0 aliphatic carbocycles. The number of benzene rings is 5. The Bertz CT molecular complexity index is 2040. The number of hydrogen-bond donors (Lipinski definition) is 3. The number of aliphatic hydroxyl groups is 1. The smallest absolute Gasteiger partial charge is 0.266 e. The molecule has 0 bridgehead atoms. The van der Waals surface area contributed by atoms with Crippen molar-refractivity contribution in [2.75, 3.05) is 13.2 Å². The molecule has 6 rings (SSSR count). The first-order chi connectivity index (χ1) is 25.0. The van der Waals surface area contributed by atoms with Gasteiger partial charge in [0.25, 0.3) is 5.91 Å². The summed E-state index contributed by atoms with van der Waals surface area (Å²) in [5.41, 5.74) is 17.3. The second kappa shape index (κ2) is 17.2. The van der Waals surface area contributed by atoms with Crippen molar-refractivity contribution < 1.29 is 19.4 Å². The largest absolute Gasteiger partial charge is 0.494 e. The zero-order valence-corrected chi connectivity index (χ0v) is 29.9. The van der Waals surface area contributed by atoms with Crippen LogP contribution in [0.2, 0.25) is 0 Å². The highest BCUT2D eigenvalue weighted by molar-refractivity contribution is 9.10. The van der Waals surface area contributed by atoms with Gasteiger partial charge in [0, 0.05) is 62.0 Å². The predicted octanol–water partition coefficient (Wildman–Crippen LogP) is 8.62. The van der Waals surface area contributed by atoms with Crippen LogP contribution in [0, 0.1) is 0 Å². The zero-order valence-electron chi connectivity index (χ0n) is 27.5. The van der Waals surface area contributed by atoms with Crippen molar-refractivity contribution >= 4 is 45.2 Å². The molecule has 0 fully saturated rings. The molecule has 1 amide bonds. The molecule has 0 saturated heterocycles. The molecule has 0 radical (unpaired) electrons. The maximum atomic E-state index is 14.8. The molecule has 5 aromatic rings. The highest BCUT2D eigenvalue weighted by Gasteiger charge is 2.54. The molecule has 258 valence electrons. The van der Waals surface area contributed by atoms with E-state index in [0.717, 1.165) is 25.4 Å². The van der Waals surface area contributed by atoms with Gasteiger partial charge < -0.3 is 14.6 Å². The molecule has 5 aromatic carbocycles. The third kappa shape index (κ3) is 8.62. The first-order valence-electron chi connectivity index (χ1n) is 16.3. The number of aliphatic hydroxyl groups excluding tert-OH is 1. The minimum absolute atomic E-state index is 0.0388. The van der Waals surface area contributed by atoms with Crippen LogP contribution in [0.3, 0.4) is 0 Å². The van der Waals surface area contributed by atoms with Gasteiger partial charge in [-0.25, -0.2) is 10.4 Å². The molecule has 51 heavy (non-hydrogen) atoms. The Balaban J connectivity index is 1.36. The number of amides is 1. The number of aliphatic imine (C=N–C) groups is 1. The van der Waals surface area contributed by atoms with E-state index in [9.17, 15) is 10.3 Å². The molecule has 1 aliphatic rings. The van der Waals surface area contributed by atoms with E-state index in [1.165, 1.54) is 0 Å². The van der Waals surface area contributed by atoms with E-state index in [0.29, 0.717) is 42.1 Å². The highest BCUT2D eigenvalue weighted by Crippen LogP contribution is 2.46. The summed E-state index contributed by atoms with van der Waals surface area (Å²) in [5, 5.41) is 13.1. The Hall–Kier alpha value is -5.10. The van der Waals surface area contributed by atoms with Crippen molar-refractivity contribution in [2.45, 2.75) is 40.8 Å². The Morgan fingerprint density at radius 2 is 1.65 bits per heavy atom. The molecule has 0 aromatic heterocycles. The van der Waals surface area contributed by atoms with Crippen molar-refractivity contribution in [3.8, 4) is 5.75 Å². The lowest BCUT2D eigenvalue weighted by Crippen LogP contribution is -2.53. The third-order valence-electron chi connectivity index (χ3n) is 8.24. The summed E-state index contributed by atoms with van der Waals surface area (Å²) in [7, 11) is 0. The van der Waals surface area contributed by atoms with Gasteiger partial charge in [0.05, 0.1) is 6.61 Å². The minimum Gasteiger partial charge on any atom is -0.494 e. The first-order valence-corrected chi connectivity index (χ1v) is 17.9. The number of carbonyl (C=O) groups excluding carboxylic acids is 1. The summed E-state index contributed by atoms with van der Waals surface area (Å²) in [6.07, 6.45) is -0.296. The Labute approximate surface area is 308 Å². The zero-order chi connectivity index (χ0) is 35.5. The molecule has 1 aliphatic heterocycles. The van der Waals surface area contributed by atoms with Crippen LogP contribution in [-0.4, -0.2) is 35.7 Å². The quantitative estimate of drug-likeness (QED) is 0.0321. The lowest BCUT2D eigenvalue weighted by atomic mass is 9.81. The number of halogens is 1. The molecule has 3 N–H and O–H groups in total. The summed E-state index contributed by atoms with van der Waals surface area (Å²) >= 11 is 5.32. The van der Waals surface area contributed by atoms with E-state index in [1.807, 2.05) is 78.9 Å². The SMILES string of the molecule is [N-]=[N+]=Nc1ccccc1[C@@H]1OC(c2ccc(OCCCO)cc2)=N[C@]1(Cc1ccccc1Br)C(=O)NNCc1ccccc1Sc1ccccc1. The molecule has 2 atom stereocenters. The van der Waals surface area contributed by atoms with E-state index < -0.39 is 17.6 Å². The van der Waals surface area contributed by atoms with E-state index in [1.54, 1.807) is 42.1 Å². The average molecular weight is 764 g/mol. The van der Waals surface area contributed by atoms with E-state index in [-0.39, 0.29) is 18.9 Å². The van der Waals surface area contributed by atoms with Gasteiger partial charge in [-0.1, -0.05) is 112 Å². The Kier molecular flexibility index (Phi) is 12.1. The second-order valence-corrected chi connectivity index (χ2v) is 13.6. The number of azide groups is 1. The van der Waals surface area contributed by atoms with Crippen LogP contribution in [-0.2, 0) is 22.5 Å². The van der Waals surface area contributed by atoms with Crippen LogP contribution in [0.5, 0.6) is 5.75 Å². The summed E-state index contributed by atoms with van der Waals surface area (Å²) in [5.74, 6) is 0.457. The molecule has 0 saturated carbocycles. The van der Waals surface area contributed by atoms with Crippen LogP contribution in [0.4, 0.5) is 5.69 Å². The van der Waals surface area contributed by atoms with Crippen molar-refractivity contribution in [1.29, 1.82) is 0 Å². The fourth-order valence-corrected chi connectivity index (χ4v) is 7.12. The Morgan fingerprint density at radius 1 is 0.941 bits per heavy atom. The van der Waals surface area contributed by atoms with Crippen LogP contribution < -0.4 is 15.6 Å². The van der Waals surface area contributed by atoms with Crippen LogP contribution in [0.1, 0.15) is 34.8 Å². The summed E-state index contributed by atoms with van der Waals surface area (Å²) < 4.78 is 13.2. The van der Waals surface area contributed by atoms with Crippen molar-refractivity contribution in [1.82, 2.24) is 10.9 Å². The van der Waals surface area contributed by atoms with E-state index in [2.05, 4.69) is 55.0 Å². The monoisotopic (exact) mass is 762 g/mol. The van der Waals surface area contributed by atoms with Crippen molar-refractivity contribution in [2.24, 2.45) is 10.1 Å². The molecular weight excluding hydrogens is 728 g/mol. The lowest BCUT2D eigenvalue weighted by molar-refractivity contribution is -0.130. The minimum atomic E-state index is -1.54. The number of hydrogen-bond acceptors (Lipinski definition) is 8. The maximum Gasteiger partial charge on any atom is 0.266 e. The first kappa shape index (κ1) is 35.7. The van der Waals surface area contributed by atoms with E-state index >= 15 is 0 Å². The summed E-state index contributed by atoms with van der Waals surface area (Å²) in [6.45, 7) is 0.766. The normalized spacial score (nSPS) is 16.4. The van der Waals surface area contributed by atoms with Crippen LogP contribution >= 0.6 is 27.7 Å². The number of rotatable bonds is 15. The standard InChI is InChI=1S/C39H35BrN6O4S/c40-33-16-7-4-11-28(33)25-39(38(48)45-42-26-29-12-5-9-18-35(29)51-31-13-2-1-3-14-31)36(32-15-6-8-17-34(32)44-46-41)50-37(43-39)27-19-21-30(22-20-27)49-24-10-23-47/h1-9,11-22,36,42,47H,10,23-26H2,(H,45,48)/t36-,39-/m0/s1. The topological polar surface area (TPSA) is 141 Å². The van der Waals surface area contributed by atoms with Gasteiger partial charge in [0.15, 0.2) is 11.6 Å². The number of nitrogens with zero attached hydrogens (tertiary/aromatic N) is 4. The summed E-state index contributed by atoms with van der Waals surface area (Å²) in [6, 6.07) is 40.1. The molecule has 1 heterocycles. The van der Waals surface area contributed by atoms with Gasteiger partial charge in [-0.2, -0.15) is 0 Å². The van der Waals surface area contributed by atoms with E-state index in [4.69, 9.17) is 19.6 Å². The average Bonchev–Trinajstić information content (AvgIpc) is 3.54. The molecular formula is C39H35BrN6O4S. The lowest BCUT2D eigenvalue weighted by Gasteiger charge is -2.31. The molecule has 0 unspecified atom stereocenters. The highest BCUT2D eigenvalue weighted by atomic mass is 79.9. The predicted molar refractivity (Wildman–Crippen MR) is 202 cm³/mol. The van der Waals surface area contributed by atoms with Crippen molar-refractivity contribution in [3.05, 3.63) is 165 Å². The number of carbonyl (C=O) groups is 1. The second-order valence-electron chi connectivity index (χ2n) is 11.6. The Morgan fingerprint density at radius 3 is 2.41 bits per heavy atom. The van der Waals surface area contributed by atoms with Gasteiger partial charge in [0.2, 0.25) is 5.90 Å². The van der Waals surface area contributed by atoms with Gasteiger partial charge >= 0.3 is 0 Å². The number of ether oxygens (including phenoxy) is 2. The number of hydrazine groups is 1. The van der Waals surface area contributed by atoms with Crippen LogP contribution in [0.25, 0.3) is 10.4 Å². The van der Waals surface area contributed by atoms with Crippen molar-refractivity contribution in [3.63, 3.8) is 0 Å². The van der Waals surface area contributed by atoms with Gasteiger partial charge in [-0.05, 0) is 65.2 Å². The molecule has 12 heteroatoms. The third-order valence-corrected chi connectivity index (χ3v) is 10.1. The van der Waals surface area contributed by atoms with Gasteiger partial charge in [-0.3, -0.25) is 10.2 Å². The molecule has 0 spiro atoms.